The van der Waals surface area contributed by atoms with E-state index in [-0.39, 0.29) is 5.92 Å². The number of carbonyl (C=O) groups is 1. The van der Waals surface area contributed by atoms with Crippen molar-refractivity contribution in [3.05, 3.63) is 0 Å². The van der Waals surface area contributed by atoms with Crippen LogP contribution in [0.15, 0.2) is 0 Å². The normalized spacial score (nSPS) is 36.1. The summed E-state index contributed by atoms with van der Waals surface area (Å²) in [5.41, 5.74) is 0. The molecule has 2 saturated heterocycles. The number of nitrogens with zero attached hydrogens (tertiary/aromatic N) is 1. The van der Waals surface area contributed by atoms with Gasteiger partial charge in [-0.05, 0) is 52.5 Å². The molecule has 0 spiro atoms. The third kappa shape index (κ3) is 2.40. The number of nitrogens with one attached hydrogen (secondary N) is 1. The van der Waals surface area contributed by atoms with E-state index in [9.17, 15) is 4.79 Å². The van der Waals surface area contributed by atoms with Gasteiger partial charge in [-0.15, -0.1) is 0 Å². The Hall–Kier alpha value is -0.570. The van der Waals surface area contributed by atoms with Gasteiger partial charge in [0.2, 0.25) is 5.91 Å². The Bertz CT molecular complexity index is 238. The zero-order chi connectivity index (χ0) is 11.5. The second-order valence-electron chi connectivity index (χ2n) is 5.42. The van der Waals surface area contributed by atoms with Gasteiger partial charge in [0, 0.05) is 18.6 Å². The van der Waals surface area contributed by atoms with Gasteiger partial charge in [-0.3, -0.25) is 4.79 Å². The first-order chi connectivity index (χ1) is 7.70. The quantitative estimate of drug-likeness (QED) is 0.736. The van der Waals surface area contributed by atoms with Crippen molar-refractivity contribution < 1.29 is 4.79 Å². The summed E-state index contributed by atoms with van der Waals surface area (Å²) in [6, 6.07) is 0.886. The minimum Gasteiger partial charge on any atom is -0.337 e. The zero-order valence-electron chi connectivity index (χ0n) is 10.5. The summed E-state index contributed by atoms with van der Waals surface area (Å²) in [5, 5.41) is 3.34. The van der Waals surface area contributed by atoms with Crippen LogP contribution in [0.2, 0.25) is 0 Å². The van der Waals surface area contributed by atoms with Crippen molar-refractivity contribution in [2.45, 2.75) is 58.0 Å². The predicted molar refractivity (Wildman–Crippen MR) is 65.2 cm³/mol. The standard InChI is InChI=1S/C13H24N2O/c1-10-5-3-6-11(2)15(10)13(16)12-7-4-8-14-9-12/h10-12,14H,3-9H2,1-2H3/t10-,11+,12-/m1/s1. The van der Waals surface area contributed by atoms with Gasteiger partial charge in [0.1, 0.15) is 0 Å². The molecule has 0 bridgehead atoms. The van der Waals surface area contributed by atoms with Crippen LogP contribution < -0.4 is 5.32 Å². The lowest BCUT2D eigenvalue weighted by Gasteiger charge is -2.41. The Balaban J connectivity index is 2.00. The molecule has 2 fully saturated rings. The maximum atomic E-state index is 12.5. The molecule has 1 N–H and O–H groups in total. The molecular weight excluding hydrogens is 200 g/mol. The molecule has 3 heteroatoms. The summed E-state index contributed by atoms with van der Waals surface area (Å²) in [6.07, 6.45) is 5.84. The summed E-state index contributed by atoms with van der Waals surface area (Å²) >= 11 is 0. The second kappa shape index (κ2) is 5.17. The molecule has 1 amide bonds. The van der Waals surface area contributed by atoms with Crippen LogP contribution in [0.25, 0.3) is 0 Å². The van der Waals surface area contributed by atoms with Gasteiger partial charge < -0.3 is 10.2 Å². The van der Waals surface area contributed by atoms with E-state index < -0.39 is 0 Å². The van der Waals surface area contributed by atoms with Crippen molar-refractivity contribution in [1.82, 2.24) is 10.2 Å². The Morgan fingerprint density at radius 2 is 1.81 bits per heavy atom. The van der Waals surface area contributed by atoms with Crippen LogP contribution in [-0.4, -0.2) is 36.0 Å². The molecule has 3 atom stereocenters. The minimum absolute atomic E-state index is 0.233. The van der Waals surface area contributed by atoms with E-state index in [2.05, 4.69) is 24.1 Å². The molecule has 92 valence electrons. The van der Waals surface area contributed by atoms with Gasteiger partial charge in [-0.2, -0.15) is 0 Å². The number of hydrogen-bond acceptors (Lipinski definition) is 2. The molecule has 0 saturated carbocycles. The molecule has 0 aromatic rings. The molecule has 0 aromatic carbocycles. The molecule has 2 aliphatic rings. The molecule has 2 rings (SSSR count). The number of rotatable bonds is 1. The van der Waals surface area contributed by atoms with E-state index in [4.69, 9.17) is 0 Å². The third-order valence-electron chi connectivity index (χ3n) is 4.09. The Kier molecular flexibility index (Phi) is 3.85. The molecule has 0 aliphatic carbocycles. The predicted octanol–water partition coefficient (Wildman–Crippen LogP) is 1.78. The summed E-state index contributed by atoms with van der Waals surface area (Å²) in [7, 11) is 0. The van der Waals surface area contributed by atoms with Gasteiger partial charge in [-0.1, -0.05) is 0 Å². The Morgan fingerprint density at radius 3 is 2.38 bits per heavy atom. The highest BCUT2D eigenvalue weighted by Gasteiger charge is 2.33. The molecule has 0 aromatic heterocycles. The van der Waals surface area contributed by atoms with Crippen molar-refractivity contribution >= 4 is 5.91 Å². The number of piperidine rings is 2. The van der Waals surface area contributed by atoms with Crippen molar-refractivity contribution in [2.75, 3.05) is 13.1 Å². The molecule has 3 nitrogen and oxygen atoms in total. The monoisotopic (exact) mass is 224 g/mol. The minimum atomic E-state index is 0.233. The molecular formula is C13H24N2O. The van der Waals surface area contributed by atoms with E-state index >= 15 is 0 Å². The van der Waals surface area contributed by atoms with E-state index in [1.54, 1.807) is 0 Å². The SMILES string of the molecule is C[C@@H]1CCC[C@H](C)N1C(=O)[C@@H]1CCCNC1. The van der Waals surface area contributed by atoms with Crippen LogP contribution in [-0.2, 0) is 4.79 Å². The molecule has 2 heterocycles. The Morgan fingerprint density at radius 1 is 1.12 bits per heavy atom. The van der Waals surface area contributed by atoms with Gasteiger partial charge >= 0.3 is 0 Å². The summed E-state index contributed by atoms with van der Waals surface area (Å²) in [5.74, 6) is 0.628. The lowest BCUT2D eigenvalue weighted by Crippen LogP contribution is -2.52. The highest BCUT2D eigenvalue weighted by atomic mass is 16.2. The summed E-state index contributed by atoms with van der Waals surface area (Å²) in [6.45, 7) is 6.36. The highest BCUT2D eigenvalue weighted by Crippen LogP contribution is 2.26. The fraction of sp³-hybridized carbons (Fsp3) is 0.923. The average Bonchev–Trinajstić information content (AvgIpc) is 2.30. The first-order valence-corrected chi connectivity index (χ1v) is 6.73. The zero-order valence-corrected chi connectivity index (χ0v) is 10.5. The van der Waals surface area contributed by atoms with Crippen molar-refractivity contribution in [3.8, 4) is 0 Å². The van der Waals surface area contributed by atoms with Gasteiger partial charge in [0.05, 0.1) is 5.92 Å². The van der Waals surface area contributed by atoms with Gasteiger partial charge in [0.25, 0.3) is 0 Å². The topological polar surface area (TPSA) is 32.3 Å². The van der Waals surface area contributed by atoms with Crippen LogP contribution in [0, 0.1) is 5.92 Å². The number of amides is 1. The van der Waals surface area contributed by atoms with Crippen LogP contribution in [0.1, 0.15) is 46.0 Å². The molecule has 0 radical (unpaired) electrons. The van der Waals surface area contributed by atoms with E-state index in [1.807, 2.05) is 0 Å². The number of hydrogen-bond donors (Lipinski definition) is 1. The summed E-state index contributed by atoms with van der Waals surface area (Å²) in [4.78, 5) is 14.6. The van der Waals surface area contributed by atoms with Gasteiger partial charge in [-0.25, -0.2) is 0 Å². The van der Waals surface area contributed by atoms with Gasteiger partial charge in [0.15, 0.2) is 0 Å². The maximum Gasteiger partial charge on any atom is 0.227 e. The molecule has 2 aliphatic heterocycles. The first-order valence-electron chi connectivity index (χ1n) is 6.73. The first kappa shape index (κ1) is 11.9. The van der Waals surface area contributed by atoms with Crippen molar-refractivity contribution in [3.63, 3.8) is 0 Å². The number of likely N-dealkylation sites (tertiary alicyclic amines) is 1. The largest absolute Gasteiger partial charge is 0.337 e. The lowest BCUT2D eigenvalue weighted by atomic mass is 9.92. The highest BCUT2D eigenvalue weighted by molar-refractivity contribution is 5.80. The van der Waals surface area contributed by atoms with Crippen molar-refractivity contribution in [1.29, 1.82) is 0 Å². The van der Waals surface area contributed by atoms with E-state index in [0.29, 0.717) is 18.0 Å². The van der Waals surface area contributed by atoms with Crippen LogP contribution >= 0.6 is 0 Å². The van der Waals surface area contributed by atoms with E-state index in [0.717, 1.165) is 25.9 Å². The average molecular weight is 224 g/mol. The number of carbonyl (C=O) groups excluding carboxylic acids is 1. The van der Waals surface area contributed by atoms with E-state index in [1.165, 1.54) is 19.3 Å². The molecule has 0 unspecified atom stereocenters. The lowest BCUT2D eigenvalue weighted by molar-refractivity contribution is -0.142. The van der Waals surface area contributed by atoms with Crippen LogP contribution in [0.5, 0.6) is 0 Å². The maximum absolute atomic E-state index is 12.5. The van der Waals surface area contributed by atoms with Crippen LogP contribution in [0.4, 0.5) is 0 Å². The van der Waals surface area contributed by atoms with Crippen LogP contribution in [0.3, 0.4) is 0 Å². The summed E-state index contributed by atoms with van der Waals surface area (Å²) < 4.78 is 0. The van der Waals surface area contributed by atoms with Crippen molar-refractivity contribution in [2.24, 2.45) is 5.92 Å². The second-order valence-corrected chi connectivity index (χ2v) is 5.42. The smallest absolute Gasteiger partial charge is 0.227 e. The fourth-order valence-electron chi connectivity index (χ4n) is 3.13. The Labute approximate surface area is 98.6 Å². The molecule has 16 heavy (non-hydrogen) atoms. The fourth-order valence-corrected chi connectivity index (χ4v) is 3.13. The third-order valence-corrected chi connectivity index (χ3v) is 4.09.